The molecule has 0 saturated heterocycles. The summed E-state index contributed by atoms with van der Waals surface area (Å²) in [4.78, 5) is 26.6. The van der Waals surface area contributed by atoms with Crippen LogP contribution in [-0.4, -0.2) is 24.1 Å². The zero-order valence-electron chi connectivity index (χ0n) is 17.1. The number of halogens is 1. The third kappa shape index (κ3) is 4.45. The molecule has 1 amide bonds. The first-order valence-corrected chi connectivity index (χ1v) is 11.0. The Morgan fingerprint density at radius 2 is 2.10 bits per heavy atom. The van der Waals surface area contributed by atoms with Gasteiger partial charge >= 0.3 is 5.97 Å². The van der Waals surface area contributed by atoms with Gasteiger partial charge in [-0.15, -0.1) is 11.3 Å². The van der Waals surface area contributed by atoms with Crippen LogP contribution in [0.2, 0.25) is 5.02 Å². The third-order valence-corrected chi connectivity index (χ3v) is 6.61. The molecule has 0 radical (unpaired) electrons. The minimum absolute atomic E-state index is 0.0865. The lowest BCUT2D eigenvalue weighted by Gasteiger charge is -2.11. The second-order valence-electron chi connectivity index (χ2n) is 7.17. The number of anilines is 1. The zero-order valence-corrected chi connectivity index (χ0v) is 18.7. The Hall–Kier alpha value is -2.84. The zero-order chi connectivity index (χ0) is 22.0. The van der Waals surface area contributed by atoms with E-state index in [1.54, 1.807) is 31.2 Å². The van der Waals surface area contributed by atoms with Gasteiger partial charge in [-0.3, -0.25) is 4.79 Å². The van der Waals surface area contributed by atoms with E-state index in [0.29, 0.717) is 32.7 Å². The van der Waals surface area contributed by atoms with Crippen molar-refractivity contribution in [2.24, 2.45) is 0 Å². The molecule has 4 rings (SSSR count). The molecule has 0 atom stereocenters. The van der Waals surface area contributed by atoms with E-state index in [1.807, 2.05) is 0 Å². The molecule has 0 unspecified atom stereocenters. The number of hydrogen-bond donors (Lipinski definition) is 1. The predicted molar refractivity (Wildman–Crippen MR) is 117 cm³/mol. The highest BCUT2D eigenvalue weighted by molar-refractivity contribution is 7.17. The topological polar surface area (TPSA) is 90.7 Å². The van der Waals surface area contributed by atoms with E-state index >= 15 is 0 Å². The van der Waals surface area contributed by atoms with E-state index in [0.717, 1.165) is 36.1 Å². The van der Waals surface area contributed by atoms with Gasteiger partial charge < -0.3 is 19.3 Å². The molecule has 1 aliphatic carbocycles. The van der Waals surface area contributed by atoms with Crippen LogP contribution in [0.5, 0.6) is 5.75 Å². The van der Waals surface area contributed by atoms with Crippen molar-refractivity contribution in [2.75, 3.05) is 12.4 Å². The lowest BCUT2D eigenvalue weighted by Crippen LogP contribution is -2.17. The summed E-state index contributed by atoms with van der Waals surface area (Å²) in [6.07, 6.45) is 3.76. The number of rotatable bonds is 6. The molecule has 0 saturated carbocycles. The van der Waals surface area contributed by atoms with Crippen molar-refractivity contribution in [2.45, 2.75) is 39.2 Å². The summed E-state index contributed by atoms with van der Waals surface area (Å²) >= 11 is 7.41. The maximum atomic E-state index is 13.0. The smallest absolute Gasteiger partial charge is 0.341 e. The van der Waals surface area contributed by atoms with Gasteiger partial charge in [-0.05, 0) is 56.4 Å². The van der Waals surface area contributed by atoms with E-state index in [4.69, 9.17) is 25.6 Å². The number of esters is 1. The first-order chi connectivity index (χ1) is 15.0. The molecule has 0 bridgehead atoms. The summed E-state index contributed by atoms with van der Waals surface area (Å²) in [5.74, 6) is 0.130. The lowest BCUT2D eigenvalue weighted by molar-refractivity contribution is 0.0601. The standard InChI is InChI=1S/C22H21ClN2O5S/c1-12-16(11-29-14-7-5-6-13(23)10-14)19(25-30-12)20(26)24-21-18(22(27)28-2)15-8-3-4-9-17(15)31-21/h5-7,10H,3-4,8-9,11H2,1-2H3,(H,24,26). The largest absolute Gasteiger partial charge is 0.489 e. The SMILES string of the molecule is COC(=O)c1c(NC(=O)c2noc(C)c2COc2cccc(Cl)c2)sc2c1CCCC2. The number of carbonyl (C=O) groups excluding carboxylic acids is 2. The molecule has 2 heterocycles. The number of amides is 1. The number of ether oxygens (including phenoxy) is 2. The number of nitrogens with one attached hydrogen (secondary N) is 1. The summed E-state index contributed by atoms with van der Waals surface area (Å²) < 4.78 is 16.0. The number of nitrogens with zero attached hydrogens (tertiary/aromatic N) is 1. The molecule has 0 spiro atoms. The number of carbonyl (C=O) groups is 2. The van der Waals surface area contributed by atoms with E-state index in [9.17, 15) is 9.59 Å². The van der Waals surface area contributed by atoms with Gasteiger partial charge in [0, 0.05) is 9.90 Å². The lowest BCUT2D eigenvalue weighted by atomic mass is 9.95. The fraction of sp³-hybridized carbons (Fsp3) is 0.318. The van der Waals surface area contributed by atoms with Crippen LogP contribution in [0.4, 0.5) is 5.00 Å². The van der Waals surface area contributed by atoms with Gasteiger partial charge in [0.2, 0.25) is 0 Å². The Bertz CT molecular complexity index is 1140. The van der Waals surface area contributed by atoms with Gasteiger partial charge in [0.05, 0.1) is 18.2 Å². The summed E-state index contributed by atoms with van der Waals surface area (Å²) in [7, 11) is 1.34. The van der Waals surface area contributed by atoms with Gasteiger partial charge in [-0.1, -0.05) is 22.8 Å². The van der Waals surface area contributed by atoms with E-state index in [2.05, 4.69) is 10.5 Å². The molecule has 162 valence electrons. The number of methoxy groups -OCH3 is 1. The highest BCUT2D eigenvalue weighted by Crippen LogP contribution is 2.38. The van der Waals surface area contributed by atoms with Gasteiger partial charge in [-0.2, -0.15) is 0 Å². The molecule has 1 aliphatic rings. The minimum Gasteiger partial charge on any atom is -0.489 e. The van der Waals surface area contributed by atoms with Crippen LogP contribution in [0.15, 0.2) is 28.8 Å². The Kier molecular flexibility index (Phi) is 6.29. The van der Waals surface area contributed by atoms with Crippen LogP contribution in [-0.2, 0) is 24.2 Å². The van der Waals surface area contributed by atoms with Crippen molar-refractivity contribution >= 4 is 39.8 Å². The summed E-state index contributed by atoms with van der Waals surface area (Å²) in [6.45, 7) is 1.80. The van der Waals surface area contributed by atoms with Crippen molar-refractivity contribution in [3.8, 4) is 5.75 Å². The normalized spacial score (nSPS) is 12.9. The van der Waals surface area contributed by atoms with Crippen molar-refractivity contribution in [3.63, 3.8) is 0 Å². The van der Waals surface area contributed by atoms with Crippen LogP contribution in [0.1, 0.15) is 55.5 Å². The minimum atomic E-state index is -0.467. The first-order valence-electron chi connectivity index (χ1n) is 9.85. The van der Waals surface area contributed by atoms with Crippen LogP contribution >= 0.6 is 22.9 Å². The molecule has 3 aromatic rings. The average Bonchev–Trinajstić information content (AvgIpc) is 3.31. The fourth-order valence-corrected chi connectivity index (χ4v) is 5.04. The number of hydrogen-bond acceptors (Lipinski definition) is 7. The Balaban J connectivity index is 1.57. The predicted octanol–water partition coefficient (Wildman–Crippen LogP) is 5.19. The molecule has 2 aromatic heterocycles. The summed E-state index contributed by atoms with van der Waals surface area (Å²) in [6, 6.07) is 6.98. The van der Waals surface area contributed by atoms with Crippen LogP contribution < -0.4 is 10.1 Å². The molecular weight excluding hydrogens is 440 g/mol. The fourth-order valence-electron chi connectivity index (χ4n) is 3.59. The monoisotopic (exact) mass is 460 g/mol. The molecule has 1 aromatic carbocycles. The molecule has 31 heavy (non-hydrogen) atoms. The van der Waals surface area contributed by atoms with Crippen molar-refractivity contribution < 1.29 is 23.6 Å². The van der Waals surface area contributed by atoms with Gasteiger partial charge in [-0.25, -0.2) is 4.79 Å². The average molecular weight is 461 g/mol. The highest BCUT2D eigenvalue weighted by Gasteiger charge is 2.29. The van der Waals surface area contributed by atoms with E-state index in [1.165, 1.54) is 18.4 Å². The molecule has 7 nitrogen and oxygen atoms in total. The number of thiophene rings is 1. The molecule has 1 N–H and O–H groups in total. The van der Waals surface area contributed by atoms with Gasteiger partial charge in [0.15, 0.2) is 5.69 Å². The number of benzene rings is 1. The summed E-state index contributed by atoms with van der Waals surface area (Å²) in [5.41, 5.74) is 2.05. The maximum Gasteiger partial charge on any atom is 0.341 e. The van der Waals surface area contributed by atoms with Crippen molar-refractivity contribution in [1.82, 2.24) is 5.16 Å². The first kappa shape index (κ1) is 21.4. The summed E-state index contributed by atoms with van der Waals surface area (Å²) in [5, 5.41) is 7.78. The molecular formula is C22H21ClN2O5S. The Labute approximate surface area is 188 Å². The molecule has 0 aliphatic heterocycles. The number of aromatic nitrogens is 1. The van der Waals surface area contributed by atoms with Crippen LogP contribution in [0.3, 0.4) is 0 Å². The second kappa shape index (κ2) is 9.11. The Morgan fingerprint density at radius 1 is 1.29 bits per heavy atom. The van der Waals surface area contributed by atoms with E-state index < -0.39 is 11.9 Å². The number of aryl methyl sites for hydroxylation is 2. The second-order valence-corrected chi connectivity index (χ2v) is 8.71. The van der Waals surface area contributed by atoms with Gasteiger partial charge in [0.25, 0.3) is 5.91 Å². The van der Waals surface area contributed by atoms with Crippen LogP contribution in [0.25, 0.3) is 0 Å². The molecule has 9 heteroatoms. The van der Waals surface area contributed by atoms with Crippen LogP contribution in [0, 0.1) is 6.92 Å². The highest BCUT2D eigenvalue weighted by atomic mass is 35.5. The van der Waals surface area contributed by atoms with Crippen molar-refractivity contribution in [3.05, 3.63) is 62.3 Å². The van der Waals surface area contributed by atoms with Gasteiger partial charge in [0.1, 0.15) is 23.1 Å². The number of fused-ring (bicyclic) bond motifs is 1. The quantitative estimate of drug-likeness (QED) is 0.509. The maximum absolute atomic E-state index is 13.0. The Morgan fingerprint density at radius 3 is 2.87 bits per heavy atom. The third-order valence-electron chi connectivity index (χ3n) is 5.17. The molecule has 0 fully saturated rings. The van der Waals surface area contributed by atoms with E-state index in [-0.39, 0.29) is 12.3 Å². The van der Waals surface area contributed by atoms with Crippen molar-refractivity contribution in [1.29, 1.82) is 0 Å².